The van der Waals surface area contributed by atoms with E-state index in [2.05, 4.69) is 22.2 Å². The average Bonchev–Trinajstić information content (AvgIpc) is 2.85. The number of nitrogens with one attached hydrogen (secondary N) is 1. The molecule has 0 aliphatic heterocycles. The molecule has 0 unspecified atom stereocenters. The number of nitrogens with two attached hydrogens (primary N) is 1. The fourth-order valence-corrected chi connectivity index (χ4v) is 2.30. The first kappa shape index (κ1) is 12.5. The van der Waals surface area contributed by atoms with Gasteiger partial charge in [-0.3, -0.25) is 4.79 Å². The lowest BCUT2D eigenvalue weighted by Gasteiger charge is -2.02. The molecule has 2 aromatic heterocycles. The zero-order chi connectivity index (χ0) is 13.0. The normalized spacial score (nSPS) is 10.3. The molecule has 1 amide bonds. The Balaban J connectivity index is 1.96. The molecular weight excluding hydrogens is 248 g/mol. The van der Waals surface area contributed by atoms with Gasteiger partial charge in [0.1, 0.15) is 11.6 Å². The number of thiophene rings is 1. The number of aromatic nitrogens is 2. The van der Waals surface area contributed by atoms with Crippen LogP contribution in [0.25, 0.3) is 0 Å². The van der Waals surface area contributed by atoms with Crippen LogP contribution in [0.15, 0.2) is 24.4 Å². The van der Waals surface area contributed by atoms with Crippen LogP contribution in [0.2, 0.25) is 0 Å². The highest BCUT2D eigenvalue weighted by molar-refractivity contribution is 7.14. The van der Waals surface area contributed by atoms with E-state index < -0.39 is 0 Å². The van der Waals surface area contributed by atoms with Crippen molar-refractivity contribution in [3.8, 4) is 0 Å². The van der Waals surface area contributed by atoms with Crippen LogP contribution in [0.5, 0.6) is 0 Å². The molecular formula is C12H14N4OS. The Hall–Kier alpha value is -1.95. The molecule has 2 heterocycles. The van der Waals surface area contributed by atoms with E-state index in [-0.39, 0.29) is 12.5 Å². The lowest BCUT2D eigenvalue weighted by atomic mass is 10.3. The maximum Gasteiger partial charge on any atom is 0.261 e. The first-order valence-corrected chi connectivity index (χ1v) is 6.45. The summed E-state index contributed by atoms with van der Waals surface area (Å²) in [6.07, 6.45) is 2.51. The maximum absolute atomic E-state index is 11.8. The number of nitrogen functional groups attached to an aromatic ring is 1. The van der Waals surface area contributed by atoms with Crippen molar-refractivity contribution >= 4 is 23.1 Å². The van der Waals surface area contributed by atoms with Gasteiger partial charge in [-0.2, -0.15) is 0 Å². The second-order valence-electron chi connectivity index (χ2n) is 3.70. The van der Waals surface area contributed by atoms with Crippen LogP contribution in [0, 0.1) is 0 Å². The molecule has 18 heavy (non-hydrogen) atoms. The molecule has 0 aromatic carbocycles. The number of amides is 1. The van der Waals surface area contributed by atoms with Crippen LogP contribution in [0.1, 0.15) is 27.3 Å². The highest BCUT2D eigenvalue weighted by atomic mass is 32.1. The summed E-state index contributed by atoms with van der Waals surface area (Å²) in [4.78, 5) is 21.8. The van der Waals surface area contributed by atoms with Gasteiger partial charge in [0.15, 0.2) is 0 Å². The first-order valence-electron chi connectivity index (χ1n) is 5.63. The molecule has 0 saturated heterocycles. The minimum atomic E-state index is -0.106. The minimum absolute atomic E-state index is 0.106. The van der Waals surface area contributed by atoms with Gasteiger partial charge in [-0.05, 0) is 24.6 Å². The van der Waals surface area contributed by atoms with Gasteiger partial charge in [0.2, 0.25) is 0 Å². The Morgan fingerprint density at radius 3 is 2.94 bits per heavy atom. The second kappa shape index (κ2) is 5.59. The smallest absolute Gasteiger partial charge is 0.261 e. The predicted molar refractivity (Wildman–Crippen MR) is 71.3 cm³/mol. The Morgan fingerprint density at radius 2 is 2.28 bits per heavy atom. The van der Waals surface area contributed by atoms with Crippen LogP contribution in [0.3, 0.4) is 0 Å². The number of hydrogen-bond donors (Lipinski definition) is 2. The van der Waals surface area contributed by atoms with Crippen molar-refractivity contribution in [1.82, 2.24) is 15.3 Å². The van der Waals surface area contributed by atoms with Crippen LogP contribution < -0.4 is 11.1 Å². The number of carbonyl (C=O) groups is 1. The molecule has 6 heteroatoms. The van der Waals surface area contributed by atoms with Gasteiger partial charge in [-0.1, -0.05) is 6.92 Å². The van der Waals surface area contributed by atoms with Gasteiger partial charge in [-0.25, -0.2) is 9.97 Å². The first-order chi connectivity index (χ1) is 8.69. The van der Waals surface area contributed by atoms with Crippen molar-refractivity contribution in [2.75, 3.05) is 5.73 Å². The third-order valence-corrected chi connectivity index (χ3v) is 3.60. The van der Waals surface area contributed by atoms with Gasteiger partial charge in [0.05, 0.1) is 11.4 Å². The third kappa shape index (κ3) is 3.04. The van der Waals surface area contributed by atoms with E-state index in [1.165, 1.54) is 16.2 Å². The van der Waals surface area contributed by atoms with E-state index in [1.807, 2.05) is 12.1 Å². The number of anilines is 1. The molecule has 3 N–H and O–H groups in total. The quantitative estimate of drug-likeness (QED) is 0.877. The fraction of sp³-hybridized carbons (Fsp3) is 0.250. The summed E-state index contributed by atoms with van der Waals surface area (Å²) in [5.74, 6) is 0.806. The standard InChI is InChI=1S/C12H14N4OS/c1-2-8-3-4-9(18-8)12(17)15-7-11-14-6-5-10(13)16-11/h3-6H,2,7H2,1H3,(H,15,17)(H2,13,14,16). The molecule has 0 atom stereocenters. The van der Waals surface area contributed by atoms with Crippen LogP contribution in [0.4, 0.5) is 5.82 Å². The second-order valence-corrected chi connectivity index (χ2v) is 4.87. The summed E-state index contributed by atoms with van der Waals surface area (Å²) in [5, 5.41) is 2.77. The van der Waals surface area contributed by atoms with E-state index in [0.29, 0.717) is 16.5 Å². The van der Waals surface area contributed by atoms with E-state index in [9.17, 15) is 4.79 Å². The number of rotatable bonds is 4. The van der Waals surface area contributed by atoms with E-state index in [4.69, 9.17) is 5.73 Å². The summed E-state index contributed by atoms with van der Waals surface area (Å²) in [5.41, 5.74) is 5.54. The molecule has 0 radical (unpaired) electrons. The summed E-state index contributed by atoms with van der Waals surface area (Å²) < 4.78 is 0. The molecule has 0 bridgehead atoms. The van der Waals surface area contributed by atoms with Gasteiger partial charge in [-0.15, -0.1) is 11.3 Å². The Kier molecular flexibility index (Phi) is 3.88. The average molecular weight is 262 g/mol. The minimum Gasteiger partial charge on any atom is -0.384 e. The maximum atomic E-state index is 11.8. The SMILES string of the molecule is CCc1ccc(C(=O)NCc2nccc(N)n2)s1. The van der Waals surface area contributed by atoms with E-state index in [0.717, 1.165) is 6.42 Å². The molecule has 2 aromatic rings. The van der Waals surface area contributed by atoms with E-state index >= 15 is 0 Å². The zero-order valence-electron chi connectivity index (χ0n) is 10.0. The Bertz CT molecular complexity index is 553. The highest BCUT2D eigenvalue weighted by Crippen LogP contribution is 2.16. The van der Waals surface area contributed by atoms with Crippen molar-refractivity contribution in [2.45, 2.75) is 19.9 Å². The summed E-state index contributed by atoms with van der Waals surface area (Å²) in [7, 11) is 0. The number of aryl methyl sites for hydroxylation is 1. The van der Waals surface area contributed by atoms with Crippen LogP contribution >= 0.6 is 11.3 Å². The van der Waals surface area contributed by atoms with Crippen molar-refractivity contribution in [1.29, 1.82) is 0 Å². The Morgan fingerprint density at radius 1 is 1.44 bits per heavy atom. The molecule has 0 spiro atoms. The fourth-order valence-electron chi connectivity index (χ4n) is 1.44. The van der Waals surface area contributed by atoms with Crippen molar-refractivity contribution in [3.63, 3.8) is 0 Å². The highest BCUT2D eigenvalue weighted by Gasteiger charge is 2.08. The third-order valence-electron chi connectivity index (χ3n) is 2.37. The van der Waals surface area contributed by atoms with Gasteiger partial charge >= 0.3 is 0 Å². The molecule has 2 rings (SSSR count). The molecule has 0 fully saturated rings. The zero-order valence-corrected chi connectivity index (χ0v) is 10.8. The van der Waals surface area contributed by atoms with Crippen molar-refractivity contribution < 1.29 is 4.79 Å². The van der Waals surface area contributed by atoms with Crippen LogP contribution in [-0.2, 0) is 13.0 Å². The molecule has 0 saturated carbocycles. The number of carbonyl (C=O) groups excluding carboxylic acids is 1. The lowest BCUT2D eigenvalue weighted by molar-refractivity contribution is 0.0954. The molecule has 0 aliphatic rings. The predicted octanol–water partition coefficient (Wildman–Crippen LogP) is 1.61. The lowest BCUT2D eigenvalue weighted by Crippen LogP contribution is -2.23. The summed E-state index contributed by atoms with van der Waals surface area (Å²) in [6, 6.07) is 5.41. The molecule has 0 aliphatic carbocycles. The molecule has 5 nitrogen and oxygen atoms in total. The van der Waals surface area contributed by atoms with Crippen molar-refractivity contribution in [3.05, 3.63) is 40.0 Å². The summed E-state index contributed by atoms with van der Waals surface area (Å²) >= 11 is 1.50. The largest absolute Gasteiger partial charge is 0.384 e. The molecule has 94 valence electrons. The van der Waals surface area contributed by atoms with Gasteiger partial charge in [0, 0.05) is 11.1 Å². The number of hydrogen-bond acceptors (Lipinski definition) is 5. The van der Waals surface area contributed by atoms with Gasteiger partial charge in [0.25, 0.3) is 5.91 Å². The monoisotopic (exact) mass is 262 g/mol. The van der Waals surface area contributed by atoms with Gasteiger partial charge < -0.3 is 11.1 Å². The topological polar surface area (TPSA) is 80.9 Å². The van der Waals surface area contributed by atoms with E-state index in [1.54, 1.807) is 12.3 Å². The van der Waals surface area contributed by atoms with Crippen molar-refractivity contribution in [2.24, 2.45) is 0 Å². The van der Waals surface area contributed by atoms with Crippen LogP contribution in [-0.4, -0.2) is 15.9 Å². The number of nitrogens with zero attached hydrogens (tertiary/aromatic N) is 2. The Labute approximate surface area is 109 Å². The summed E-state index contributed by atoms with van der Waals surface area (Å²) in [6.45, 7) is 2.34.